The molecule has 1 fully saturated rings. The number of carbonyl (C=O) groups is 1. The van der Waals surface area contributed by atoms with Crippen LogP contribution >= 0.6 is 12.4 Å². The van der Waals surface area contributed by atoms with Gasteiger partial charge in [0.25, 0.3) is 11.6 Å². The molecule has 1 aromatic heterocycles. The fourth-order valence-electron chi connectivity index (χ4n) is 4.02. The number of piperazine rings is 1. The number of hydrogen-bond acceptors (Lipinski definition) is 7. The van der Waals surface area contributed by atoms with Gasteiger partial charge < -0.3 is 15.1 Å². The number of nitrogens with one attached hydrogen (secondary N) is 2. The summed E-state index contributed by atoms with van der Waals surface area (Å²) in [5, 5.41) is 17.1. The number of anilines is 1. The van der Waals surface area contributed by atoms with Gasteiger partial charge in [-0.3, -0.25) is 19.8 Å². The van der Waals surface area contributed by atoms with Crippen molar-refractivity contribution in [3.8, 4) is 11.5 Å². The summed E-state index contributed by atoms with van der Waals surface area (Å²) in [6.45, 7) is 4.88. The Kier molecular flexibility index (Phi) is 7.40. The lowest BCUT2D eigenvalue weighted by Gasteiger charge is -2.27. The van der Waals surface area contributed by atoms with Crippen LogP contribution < -0.4 is 10.6 Å². The van der Waals surface area contributed by atoms with Gasteiger partial charge in [0.15, 0.2) is 5.58 Å². The SMILES string of the molecule is Cl.O=C(Nc1ccccc1-c1nc2ccc(CN3CCNCC3)cc2o1)c1ccc([N+](=O)[O-])cc1. The molecule has 0 bridgehead atoms. The molecule has 0 saturated carbocycles. The van der Waals surface area contributed by atoms with Crippen LogP contribution in [0.5, 0.6) is 0 Å². The maximum Gasteiger partial charge on any atom is 0.269 e. The molecule has 1 saturated heterocycles. The molecule has 0 aliphatic carbocycles. The first-order chi connectivity index (χ1) is 16.6. The van der Waals surface area contributed by atoms with Crippen molar-refractivity contribution in [1.29, 1.82) is 0 Å². The summed E-state index contributed by atoms with van der Waals surface area (Å²) in [5.41, 5.74) is 4.04. The number of aromatic nitrogens is 1. The number of carbonyl (C=O) groups excluding carboxylic acids is 1. The van der Waals surface area contributed by atoms with Crippen LogP contribution in [0.1, 0.15) is 15.9 Å². The molecule has 10 heteroatoms. The lowest BCUT2D eigenvalue weighted by Crippen LogP contribution is -2.42. The maximum absolute atomic E-state index is 12.7. The van der Waals surface area contributed by atoms with Crippen LogP contribution in [-0.2, 0) is 6.54 Å². The summed E-state index contributed by atoms with van der Waals surface area (Å²) in [4.78, 5) is 30.1. The number of non-ortho nitro benzene ring substituents is 1. The molecule has 2 N–H and O–H groups in total. The Bertz CT molecular complexity index is 1350. The summed E-state index contributed by atoms with van der Waals surface area (Å²) in [5.74, 6) is 0.0330. The van der Waals surface area contributed by atoms with Crippen molar-refractivity contribution in [2.24, 2.45) is 0 Å². The van der Waals surface area contributed by atoms with E-state index in [-0.39, 0.29) is 24.0 Å². The standard InChI is InChI=1S/C25H23N5O4.ClH/c31-24(18-6-8-19(9-7-18)30(32)33)27-21-4-2-1-3-20(21)25-28-22-10-5-17(15-23(22)34-25)16-29-13-11-26-12-14-29;/h1-10,15,26H,11-14,16H2,(H,27,31);1H. The largest absolute Gasteiger partial charge is 0.436 e. The van der Waals surface area contributed by atoms with Gasteiger partial charge in [0, 0.05) is 50.4 Å². The third-order valence-corrected chi connectivity index (χ3v) is 5.81. The number of para-hydroxylation sites is 1. The second kappa shape index (κ2) is 10.6. The van der Waals surface area contributed by atoms with Crippen LogP contribution in [0.3, 0.4) is 0 Å². The average Bonchev–Trinajstić information content (AvgIpc) is 3.28. The molecular formula is C25H24ClN5O4. The summed E-state index contributed by atoms with van der Waals surface area (Å²) in [7, 11) is 0. The molecule has 0 atom stereocenters. The van der Waals surface area contributed by atoms with Crippen LogP contribution in [0.2, 0.25) is 0 Å². The second-order valence-corrected chi connectivity index (χ2v) is 8.15. The molecule has 4 aromatic rings. The zero-order chi connectivity index (χ0) is 23.5. The number of amides is 1. The Balaban J connectivity index is 0.00000289. The quantitative estimate of drug-likeness (QED) is 0.300. The van der Waals surface area contributed by atoms with E-state index in [1.807, 2.05) is 30.3 Å². The highest BCUT2D eigenvalue weighted by atomic mass is 35.5. The van der Waals surface area contributed by atoms with Crippen molar-refractivity contribution >= 4 is 40.8 Å². The summed E-state index contributed by atoms with van der Waals surface area (Å²) in [6, 6.07) is 18.8. The lowest BCUT2D eigenvalue weighted by molar-refractivity contribution is -0.384. The van der Waals surface area contributed by atoms with E-state index in [1.165, 1.54) is 24.3 Å². The number of nitro groups is 1. The third-order valence-electron chi connectivity index (χ3n) is 5.81. The van der Waals surface area contributed by atoms with Crippen molar-refractivity contribution in [2.45, 2.75) is 6.54 Å². The fourth-order valence-corrected chi connectivity index (χ4v) is 4.02. The average molecular weight is 494 g/mol. The van der Waals surface area contributed by atoms with Crippen molar-refractivity contribution in [2.75, 3.05) is 31.5 Å². The minimum Gasteiger partial charge on any atom is -0.436 e. The number of oxazole rings is 1. The molecule has 180 valence electrons. The summed E-state index contributed by atoms with van der Waals surface area (Å²) < 4.78 is 6.09. The Labute approximate surface area is 207 Å². The molecule has 2 heterocycles. The second-order valence-electron chi connectivity index (χ2n) is 8.15. The minimum atomic E-state index is -0.501. The zero-order valence-corrected chi connectivity index (χ0v) is 19.6. The van der Waals surface area contributed by atoms with Crippen molar-refractivity contribution in [3.63, 3.8) is 0 Å². The molecule has 0 spiro atoms. The Hall–Kier alpha value is -3.79. The predicted octanol–water partition coefficient (Wildman–Crippen LogP) is 4.48. The highest BCUT2D eigenvalue weighted by Crippen LogP contribution is 2.31. The maximum atomic E-state index is 12.7. The van der Waals surface area contributed by atoms with E-state index in [0.717, 1.165) is 43.8 Å². The highest BCUT2D eigenvalue weighted by molar-refractivity contribution is 6.06. The first kappa shape index (κ1) is 24.3. The number of nitro benzene ring substituents is 1. The molecule has 0 radical (unpaired) electrons. The third kappa shape index (κ3) is 5.48. The van der Waals surface area contributed by atoms with E-state index in [4.69, 9.17) is 4.42 Å². The summed E-state index contributed by atoms with van der Waals surface area (Å²) in [6.07, 6.45) is 0. The smallest absolute Gasteiger partial charge is 0.269 e. The zero-order valence-electron chi connectivity index (χ0n) is 18.8. The number of fused-ring (bicyclic) bond motifs is 1. The molecule has 1 amide bonds. The van der Waals surface area contributed by atoms with Crippen LogP contribution in [0.25, 0.3) is 22.6 Å². The monoisotopic (exact) mass is 493 g/mol. The first-order valence-electron chi connectivity index (χ1n) is 11.0. The molecular weight excluding hydrogens is 470 g/mol. The van der Waals surface area contributed by atoms with E-state index in [0.29, 0.717) is 28.3 Å². The molecule has 9 nitrogen and oxygen atoms in total. The minimum absolute atomic E-state index is 0. The number of rotatable bonds is 6. The van der Waals surface area contributed by atoms with E-state index < -0.39 is 4.92 Å². The molecule has 35 heavy (non-hydrogen) atoms. The van der Waals surface area contributed by atoms with Gasteiger partial charge in [0.1, 0.15) is 5.52 Å². The number of halogens is 1. The van der Waals surface area contributed by atoms with E-state index in [9.17, 15) is 14.9 Å². The Morgan fingerprint density at radius 1 is 1.09 bits per heavy atom. The Morgan fingerprint density at radius 2 is 1.83 bits per heavy atom. The van der Waals surface area contributed by atoms with Gasteiger partial charge in [-0.25, -0.2) is 4.98 Å². The number of benzene rings is 3. The van der Waals surface area contributed by atoms with Crippen molar-refractivity contribution < 1.29 is 14.1 Å². The van der Waals surface area contributed by atoms with Gasteiger partial charge in [0.05, 0.1) is 16.2 Å². The van der Waals surface area contributed by atoms with E-state index >= 15 is 0 Å². The van der Waals surface area contributed by atoms with Gasteiger partial charge in [-0.2, -0.15) is 0 Å². The topological polar surface area (TPSA) is 114 Å². The van der Waals surface area contributed by atoms with Crippen molar-refractivity contribution in [1.82, 2.24) is 15.2 Å². The van der Waals surface area contributed by atoms with Crippen LogP contribution in [-0.4, -0.2) is 46.9 Å². The number of hydrogen-bond donors (Lipinski definition) is 2. The van der Waals surface area contributed by atoms with Gasteiger partial charge in [-0.15, -0.1) is 12.4 Å². The Morgan fingerprint density at radius 3 is 2.57 bits per heavy atom. The van der Waals surface area contributed by atoms with Crippen LogP contribution in [0.15, 0.2) is 71.1 Å². The normalized spacial score (nSPS) is 13.8. The molecule has 5 rings (SSSR count). The van der Waals surface area contributed by atoms with E-state index in [2.05, 4.69) is 26.6 Å². The highest BCUT2D eigenvalue weighted by Gasteiger charge is 2.17. The predicted molar refractivity (Wildman–Crippen MR) is 136 cm³/mol. The fraction of sp³-hybridized carbons (Fsp3) is 0.200. The first-order valence-corrected chi connectivity index (χ1v) is 11.0. The molecule has 0 unspecified atom stereocenters. The number of nitrogens with zero attached hydrogens (tertiary/aromatic N) is 3. The van der Waals surface area contributed by atoms with E-state index in [1.54, 1.807) is 6.07 Å². The van der Waals surface area contributed by atoms with Gasteiger partial charge >= 0.3 is 0 Å². The van der Waals surface area contributed by atoms with Gasteiger partial charge in [0.2, 0.25) is 5.89 Å². The lowest BCUT2D eigenvalue weighted by atomic mass is 10.1. The molecule has 1 aliphatic rings. The molecule has 3 aromatic carbocycles. The van der Waals surface area contributed by atoms with Gasteiger partial charge in [-0.1, -0.05) is 18.2 Å². The van der Waals surface area contributed by atoms with Crippen LogP contribution in [0, 0.1) is 10.1 Å². The van der Waals surface area contributed by atoms with Crippen LogP contribution in [0.4, 0.5) is 11.4 Å². The summed E-state index contributed by atoms with van der Waals surface area (Å²) >= 11 is 0. The molecule has 1 aliphatic heterocycles. The van der Waals surface area contributed by atoms with Crippen molar-refractivity contribution in [3.05, 3.63) is 88.0 Å². The van der Waals surface area contributed by atoms with Gasteiger partial charge in [-0.05, 0) is 42.0 Å².